The van der Waals surface area contributed by atoms with Crippen molar-refractivity contribution in [1.82, 2.24) is 0 Å². The summed E-state index contributed by atoms with van der Waals surface area (Å²) >= 11 is 0. The average Bonchev–Trinajstić information content (AvgIpc) is 2.54. The van der Waals surface area contributed by atoms with Crippen molar-refractivity contribution < 1.29 is 26.9 Å². The molecule has 2 rings (SSSR count). The Bertz CT molecular complexity index is 781. The first-order valence-electron chi connectivity index (χ1n) is 5.88. The predicted octanol–water partition coefficient (Wildman–Crippen LogP) is 3.74. The Morgan fingerprint density at radius 2 is 1.57 bits per heavy atom. The molecule has 0 aliphatic carbocycles. The van der Waals surface area contributed by atoms with Crippen molar-refractivity contribution in [3.05, 3.63) is 69.0 Å². The van der Waals surface area contributed by atoms with Gasteiger partial charge in [0.1, 0.15) is 5.69 Å². The molecule has 0 radical (unpaired) electrons. The summed E-state index contributed by atoms with van der Waals surface area (Å²) in [6.45, 7) is 0. The molecule has 0 fully saturated rings. The van der Waals surface area contributed by atoms with Crippen LogP contribution in [0, 0.1) is 39.2 Å². The highest BCUT2D eigenvalue weighted by Gasteiger charge is 2.25. The second kappa shape index (κ2) is 6.38. The maximum absolute atomic E-state index is 13.4. The molecule has 120 valence electrons. The minimum Gasteiger partial charge on any atom is -0.272 e. The van der Waals surface area contributed by atoms with Gasteiger partial charge in [0.25, 0.3) is 5.69 Å². The fraction of sp³-hybridized carbons (Fsp3) is 0. The topological polar surface area (TPSA) is 67.5 Å². The van der Waals surface area contributed by atoms with Gasteiger partial charge in [-0.15, -0.1) is 0 Å². The Morgan fingerprint density at radius 1 is 1.00 bits per heavy atom. The van der Waals surface area contributed by atoms with Gasteiger partial charge in [-0.2, -0.15) is 5.10 Å². The Balaban J connectivity index is 2.28. The third-order valence-corrected chi connectivity index (χ3v) is 2.68. The fourth-order valence-corrected chi connectivity index (χ4v) is 1.59. The second-order valence-electron chi connectivity index (χ2n) is 4.17. The van der Waals surface area contributed by atoms with Crippen molar-refractivity contribution in [2.75, 3.05) is 5.43 Å². The summed E-state index contributed by atoms with van der Waals surface area (Å²) in [7, 11) is 0. The summed E-state index contributed by atoms with van der Waals surface area (Å²) in [4.78, 5) is 9.90. The Kier molecular flexibility index (Phi) is 4.53. The van der Waals surface area contributed by atoms with Gasteiger partial charge in [0, 0.05) is 17.7 Å². The number of nitrogens with zero attached hydrogens (tertiary/aromatic N) is 2. The lowest BCUT2D eigenvalue weighted by Gasteiger charge is -2.06. The van der Waals surface area contributed by atoms with Gasteiger partial charge >= 0.3 is 0 Å². The molecular formula is C13H6F5N3O2. The number of non-ortho nitro benzene ring substituents is 1. The van der Waals surface area contributed by atoms with E-state index < -0.39 is 39.7 Å². The van der Waals surface area contributed by atoms with Gasteiger partial charge in [0.2, 0.25) is 5.82 Å². The highest BCUT2D eigenvalue weighted by molar-refractivity contribution is 5.81. The first-order valence-corrected chi connectivity index (χ1v) is 5.88. The monoisotopic (exact) mass is 331 g/mol. The van der Waals surface area contributed by atoms with Crippen molar-refractivity contribution in [3.8, 4) is 0 Å². The van der Waals surface area contributed by atoms with E-state index in [9.17, 15) is 32.1 Å². The van der Waals surface area contributed by atoms with Crippen molar-refractivity contribution in [3.63, 3.8) is 0 Å². The Hall–Kier alpha value is -3.04. The molecule has 0 aliphatic rings. The standard InChI is InChI=1S/C13H6F5N3O2/c14-8-9(15)11(17)13(12(18)10(8)16)20-19-5-6-2-1-3-7(4-6)21(22)23/h1-5,20H/b19-5-. The zero-order valence-electron chi connectivity index (χ0n) is 11.0. The largest absolute Gasteiger partial charge is 0.272 e. The summed E-state index contributed by atoms with van der Waals surface area (Å²) in [5.74, 6) is -10.7. The summed E-state index contributed by atoms with van der Waals surface area (Å²) < 4.78 is 65.5. The molecule has 5 nitrogen and oxygen atoms in total. The number of hydrogen-bond acceptors (Lipinski definition) is 4. The zero-order valence-corrected chi connectivity index (χ0v) is 11.0. The molecule has 0 aliphatic heterocycles. The van der Waals surface area contributed by atoms with E-state index >= 15 is 0 Å². The molecule has 23 heavy (non-hydrogen) atoms. The number of nitro groups is 1. The SMILES string of the molecule is O=[N+]([O-])c1cccc(/C=N\Nc2c(F)c(F)c(F)c(F)c2F)c1. The highest BCUT2D eigenvalue weighted by atomic mass is 19.2. The van der Waals surface area contributed by atoms with Crippen LogP contribution in [0.4, 0.5) is 33.3 Å². The minimum atomic E-state index is -2.28. The Labute approximate surface area is 125 Å². The molecule has 2 aromatic carbocycles. The summed E-state index contributed by atoms with van der Waals surface area (Å²) in [5.41, 5.74) is 0.277. The normalized spacial score (nSPS) is 11.0. The number of rotatable bonds is 4. The summed E-state index contributed by atoms with van der Waals surface area (Å²) in [6, 6.07) is 5.02. The first kappa shape index (κ1) is 16.3. The quantitative estimate of drug-likeness (QED) is 0.232. The number of hydrogen-bond donors (Lipinski definition) is 1. The van der Waals surface area contributed by atoms with E-state index in [1.54, 1.807) is 5.43 Å². The minimum absolute atomic E-state index is 0.176. The van der Waals surface area contributed by atoms with E-state index in [2.05, 4.69) is 5.10 Å². The lowest BCUT2D eigenvalue weighted by atomic mass is 10.2. The number of nitro benzene ring substituents is 1. The molecule has 0 atom stereocenters. The van der Waals surface area contributed by atoms with Crippen LogP contribution < -0.4 is 5.43 Å². The van der Waals surface area contributed by atoms with E-state index in [1.165, 1.54) is 18.2 Å². The summed E-state index contributed by atoms with van der Waals surface area (Å²) in [5, 5.41) is 13.9. The van der Waals surface area contributed by atoms with Crippen LogP contribution >= 0.6 is 0 Å². The number of halogens is 5. The lowest BCUT2D eigenvalue weighted by Crippen LogP contribution is -2.06. The number of anilines is 1. The average molecular weight is 331 g/mol. The predicted molar refractivity (Wildman–Crippen MR) is 70.5 cm³/mol. The van der Waals surface area contributed by atoms with Gasteiger partial charge in [-0.1, -0.05) is 12.1 Å². The van der Waals surface area contributed by atoms with E-state index in [1.807, 2.05) is 0 Å². The molecular weight excluding hydrogens is 325 g/mol. The van der Waals surface area contributed by atoms with E-state index in [0.29, 0.717) is 0 Å². The molecule has 0 unspecified atom stereocenters. The van der Waals surface area contributed by atoms with Gasteiger partial charge in [-0.3, -0.25) is 15.5 Å². The van der Waals surface area contributed by atoms with Crippen LogP contribution in [-0.4, -0.2) is 11.1 Å². The van der Waals surface area contributed by atoms with Crippen LogP contribution in [0.25, 0.3) is 0 Å². The van der Waals surface area contributed by atoms with Crippen LogP contribution in [0.15, 0.2) is 29.4 Å². The second-order valence-corrected chi connectivity index (χ2v) is 4.17. The molecule has 0 saturated carbocycles. The molecule has 0 bridgehead atoms. The van der Waals surface area contributed by atoms with Gasteiger partial charge in [0.15, 0.2) is 23.3 Å². The summed E-state index contributed by atoms with van der Waals surface area (Å²) in [6.07, 6.45) is 0.922. The van der Waals surface area contributed by atoms with Crippen molar-refractivity contribution in [2.45, 2.75) is 0 Å². The number of benzene rings is 2. The smallest absolute Gasteiger partial charge is 0.270 e. The molecule has 0 heterocycles. The van der Waals surface area contributed by atoms with Crippen molar-refractivity contribution in [2.24, 2.45) is 5.10 Å². The van der Waals surface area contributed by atoms with E-state index in [-0.39, 0.29) is 11.3 Å². The lowest BCUT2D eigenvalue weighted by molar-refractivity contribution is -0.384. The van der Waals surface area contributed by atoms with Crippen LogP contribution in [-0.2, 0) is 0 Å². The maximum Gasteiger partial charge on any atom is 0.270 e. The first-order chi connectivity index (χ1) is 10.8. The van der Waals surface area contributed by atoms with Gasteiger partial charge in [0.05, 0.1) is 11.1 Å². The van der Waals surface area contributed by atoms with Crippen molar-refractivity contribution >= 4 is 17.6 Å². The zero-order chi connectivity index (χ0) is 17.1. The van der Waals surface area contributed by atoms with Crippen LogP contribution in [0.1, 0.15) is 5.56 Å². The number of hydrazone groups is 1. The molecule has 0 amide bonds. The van der Waals surface area contributed by atoms with Gasteiger partial charge in [-0.25, -0.2) is 22.0 Å². The van der Waals surface area contributed by atoms with Crippen LogP contribution in [0.3, 0.4) is 0 Å². The fourth-order valence-electron chi connectivity index (χ4n) is 1.59. The van der Waals surface area contributed by atoms with Crippen LogP contribution in [0.5, 0.6) is 0 Å². The molecule has 10 heteroatoms. The van der Waals surface area contributed by atoms with E-state index in [0.717, 1.165) is 12.3 Å². The van der Waals surface area contributed by atoms with Gasteiger partial charge < -0.3 is 0 Å². The molecule has 2 aromatic rings. The van der Waals surface area contributed by atoms with E-state index in [4.69, 9.17) is 0 Å². The molecule has 0 aromatic heterocycles. The highest BCUT2D eigenvalue weighted by Crippen LogP contribution is 2.27. The Morgan fingerprint density at radius 3 is 2.13 bits per heavy atom. The van der Waals surface area contributed by atoms with Crippen LogP contribution in [0.2, 0.25) is 0 Å². The van der Waals surface area contributed by atoms with Crippen molar-refractivity contribution in [1.29, 1.82) is 0 Å². The molecule has 1 N–H and O–H groups in total. The van der Waals surface area contributed by atoms with Gasteiger partial charge in [-0.05, 0) is 0 Å². The third kappa shape index (κ3) is 3.25. The molecule has 0 spiro atoms. The maximum atomic E-state index is 13.4. The third-order valence-electron chi connectivity index (χ3n) is 2.68. The number of nitrogens with one attached hydrogen (secondary N) is 1. The molecule has 0 saturated heterocycles.